The van der Waals surface area contributed by atoms with E-state index in [-0.39, 0.29) is 6.42 Å². The van der Waals surface area contributed by atoms with Gasteiger partial charge in [-0.05, 0) is 43.2 Å². The Labute approximate surface area is 140 Å². The molecule has 2 rings (SSSR count). The van der Waals surface area contributed by atoms with Gasteiger partial charge in [-0.3, -0.25) is 9.59 Å². The number of amides is 1. The molecule has 2 atom stereocenters. The number of rotatable bonds is 6. The fourth-order valence-electron chi connectivity index (χ4n) is 2.43. The summed E-state index contributed by atoms with van der Waals surface area (Å²) in [6, 6.07) is 12.9. The maximum atomic E-state index is 12.9. The smallest absolute Gasteiger partial charge is 0.307 e. The van der Waals surface area contributed by atoms with Crippen LogP contribution in [0.25, 0.3) is 0 Å². The minimum Gasteiger partial charge on any atom is -0.481 e. The van der Waals surface area contributed by atoms with Crippen LogP contribution >= 0.6 is 0 Å². The van der Waals surface area contributed by atoms with Crippen molar-refractivity contribution in [3.05, 3.63) is 65.5 Å². The molecule has 0 spiro atoms. The van der Waals surface area contributed by atoms with Crippen molar-refractivity contribution in [1.82, 2.24) is 0 Å². The molecule has 0 aliphatic heterocycles. The van der Waals surface area contributed by atoms with Crippen LogP contribution in [0.1, 0.15) is 18.1 Å². The van der Waals surface area contributed by atoms with E-state index < -0.39 is 29.5 Å². The number of hydrogen-bond acceptors (Lipinski definition) is 2. The third-order valence-electron chi connectivity index (χ3n) is 4.02. The number of benzene rings is 2. The molecule has 2 N–H and O–H groups in total. The van der Waals surface area contributed by atoms with E-state index in [2.05, 4.69) is 5.32 Å². The van der Waals surface area contributed by atoms with E-state index in [4.69, 9.17) is 0 Å². The first-order valence-corrected chi connectivity index (χ1v) is 7.71. The highest BCUT2D eigenvalue weighted by Crippen LogP contribution is 2.21. The summed E-state index contributed by atoms with van der Waals surface area (Å²) in [6.45, 7) is 3.54. The van der Waals surface area contributed by atoms with Crippen LogP contribution in [-0.4, -0.2) is 17.0 Å². The highest BCUT2D eigenvalue weighted by atomic mass is 19.1. The predicted molar refractivity (Wildman–Crippen MR) is 90.2 cm³/mol. The SMILES string of the molecule is Cc1ccc(C[C@H](C(=O)O)[C@H](C)C(=O)Nc2ccc(F)cc2)cc1. The number of carboxylic acid groups (broad SMARTS) is 1. The van der Waals surface area contributed by atoms with E-state index in [1.165, 1.54) is 24.3 Å². The predicted octanol–water partition coefficient (Wildman–Crippen LogP) is 3.65. The summed E-state index contributed by atoms with van der Waals surface area (Å²) in [5.41, 5.74) is 2.40. The molecular weight excluding hydrogens is 309 g/mol. The maximum Gasteiger partial charge on any atom is 0.307 e. The van der Waals surface area contributed by atoms with E-state index in [1.54, 1.807) is 6.92 Å². The molecule has 2 aromatic carbocycles. The van der Waals surface area contributed by atoms with Crippen molar-refractivity contribution in [2.75, 3.05) is 5.32 Å². The van der Waals surface area contributed by atoms with Gasteiger partial charge in [0.05, 0.1) is 5.92 Å². The minimum absolute atomic E-state index is 0.271. The third-order valence-corrected chi connectivity index (χ3v) is 4.02. The monoisotopic (exact) mass is 329 g/mol. The van der Waals surface area contributed by atoms with Crippen LogP contribution in [0.5, 0.6) is 0 Å². The highest BCUT2D eigenvalue weighted by Gasteiger charge is 2.30. The molecule has 0 fully saturated rings. The van der Waals surface area contributed by atoms with Crippen LogP contribution in [0, 0.1) is 24.6 Å². The Morgan fingerprint density at radius 2 is 1.67 bits per heavy atom. The zero-order valence-corrected chi connectivity index (χ0v) is 13.6. The molecule has 0 heterocycles. The van der Waals surface area contributed by atoms with Crippen molar-refractivity contribution in [1.29, 1.82) is 0 Å². The number of carbonyl (C=O) groups is 2. The number of hydrogen-bond donors (Lipinski definition) is 2. The maximum absolute atomic E-state index is 12.9. The molecule has 0 radical (unpaired) electrons. The Hall–Kier alpha value is -2.69. The number of nitrogens with one attached hydrogen (secondary N) is 1. The topological polar surface area (TPSA) is 66.4 Å². The zero-order chi connectivity index (χ0) is 17.7. The molecule has 1 amide bonds. The third kappa shape index (κ3) is 4.65. The minimum atomic E-state index is -1.02. The van der Waals surface area contributed by atoms with Crippen LogP contribution < -0.4 is 5.32 Å². The first-order valence-electron chi connectivity index (χ1n) is 7.71. The van der Waals surface area contributed by atoms with E-state index >= 15 is 0 Å². The van der Waals surface area contributed by atoms with Gasteiger partial charge in [-0.25, -0.2) is 4.39 Å². The fraction of sp³-hybridized carbons (Fsp3) is 0.263. The van der Waals surface area contributed by atoms with Gasteiger partial charge < -0.3 is 10.4 Å². The Morgan fingerprint density at radius 3 is 2.21 bits per heavy atom. The largest absolute Gasteiger partial charge is 0.481 e. The number of aliphatic carboxylic acids is 1. The molecule has 0 saturated heterocycles. The van der Waals surface area contributed by atoms with Crippen molar-refractivity contribution < 1.29 is 19.1 Å². The lowest BCUT2D eigenvalue weighted by atomic mass is 9.87. The average Bonchev–Trinajstić information content (AvgIpc) is 2.55. The van der Waals surface area contributed by atoms with E-state index in [9.17, 15) is 19.1 Å². The van der Waals surface area contributed by atoms with Gasteiger partial charge in [0.15, 0.2) is 0 Å². The summed E-state index contributed by atoms with van der Waals surface area (Å²) in [5, 5.41) is 12.1. The molecule has 126 valence electrons. The van der Waals surface area contributed by atoms with Crippen molar-refractivity contribution in [2.45, 2.75) is 20.3 Å². The molecule has 0 aliphatic rings. The molecule has 5 heteroatoms. The second-order valence-electron chi connectivity index (χ2n) is 5.92. The van der Waals surface area contributed by atoms with Gasteiger partial charge in [-0.1, -0.05) is 36.8 Å². The fourth-order valence-corrected chi connectivity index (χ4v) is 2.43. The lowest BCUT2D eigenvalue weighted by Crippen LogP contribution is -2.33. The molecule has 0 aliphatic carbocycles. The van der Waals surface area contributed by atoms with Gasteiger partial charge in [0.2, 0.25) is 5.91 Å². The van der Waals surface area contributed by atoms with Gasteiger partial charge >= 0.3 is 5.97 Å². The first-order chi connectivity index (χ1) is 11.4. The van der Waals surface area contributed by atoms with Gasteiger partial charge in [0, 0.05) is 11.6 Å². The Kier molecular flexibility index (Phi) is 5.68. The number of carbonyl (C=O) groups excluding carboxylic acids is 1. The first kappa shape index (κ1) is 17.7. The summed E-state index contributed by atoms with van der Waals surface area (Å²) >= 11 is 0. The van der Waals surface area contributed by atoms with Gasteiger partial charge in [-0.15, -0.1) is 0 Å². The molecular formula is C19H20FNO3. The van der Waals surface area contributed by atoms with E-state index in [0.717, 1.165) is 11.1 Å². The van der Waals surface area contributed by atoms with Crippen LogP contribution in [0.4, 0.5) is 10.1 Å². The lowest BCUT2D eigenvalue weighted by Gasteiger charge is -2.20. The molecule has 0 bridgehead atoms. The molecule has 0 saturated carbocycles. The zero-order valence-electron chi connectivity index (χ0n) is 13.6. The molecule has 24 heavy (non-hydrogen) atoms. The molecule has 0 aromatic heterocycles. The summed E-state index contributed by atoms with van der Waals surface area (Å²) in [7, 11) is 0. The van der Waals surface area contributed by atoms with E-state index in [1.807, 2.05) is 31.2 Å². The Bertz CT molecular complexity index is 710. The lowest BCUT2D eigenvalue weighted by molar-refractivity contribution is -0.145. The molecule has 0 unspecified atom stereocenters. The van der Waals surface area contributed by atoms with Crippen molar-refractivity contribution in [3.63, 3.8) is 0 Å². The van der Waals surface area contributed by atoms with Crippen LogP contribution in [-0.2, 0) is 16.0 Å². The van der Waals surface area contributed by atoms with Gasteiger partial charge in [0.25, 0.3) is 0 Å². The Balaban J connectivity index is 2.08. The Morgan fingerprint density at radius 1 is 1.08 bits per heavy atom. The summed E-state index contributed by atoms with van der Waals surface area (Å²) < 4.78 is 12.9. The van der Waals surface area contributed by atoms with Crippen LogP contribution in [0.2, 0.25) is 0 Å². The van der Waals surface area contributed by atoms with Crippen LogP contribution in [0.3, 0.4) is 0 Å². The standard InChI is InChI=1S/C19H20FNO3/c1-12-3-5-14(6-4-12)11-17(19(23)24)13(2)18(22)21-16-9-7-15(20)8-10-16/h3-10,13,17H,11H2,1-2H3,(H,21,22)(H,23,24)/t13-,17-/m0/s1. The number of carboxylic acids is 1. The van der Waals surface area contributed by atoms with Crippen molar-refractivity contribution in [3.8, 4) is 0 Å². The van der Waals surface area contributed by atoms with Gasteiger partial charge in [0.1, 0.15) is 5.82 Å². The summed E-state index contributed by atoms with van der Waals surface area (Å²) in [4.78, 5) is 23.9. The average molecular weight is 329 g/mol. The molecule has 4 nitrogen and oxygen atoms in total. The summed E-state index contributed by atoms with van der Waals surface area (Å²) in [5.74, 6) is -3.38. The normalized spacial score (nSPS) is 13.1. The highest BCUT2D eigenvalue weighted by molar-refractivity contribution is 5.94. The van der Waals surface area contributed by atoms with E-state index in [0.29, 0.717) is 5.69 Å². The number of aryl methyl sites for hydroxylation is 1. The second-order valence-corrected chi connectivity index (χ2v) is 5.92. The number of anilines is 1. The van der Waals surface area contributed by atoms with Gasteiger partial charge in [-0.2, -0.15) is 0 Å². The number of halogens is 1. The van der Waals surface area contributed by atoms with Crippen molar-refractivity contribution in [2.24, 2.45) is 11.8 Å². The summed E-state index contributed by atoms with van der Waals surface area (Å²) in [6.07, 6.45) is 0.271. The van der Waals surface area contributed by atoms with Crippen LogP contribution in [0.15, 0.2) is 48.5 Å². The van der Waals surface area contributed by atoms with Crippen molar-refractivity contribution >= 4 is 17.6 Å². The quantitative estimate of drug-likeness (QED) is 0.850. The molecule has 2 aromatic rings. The second kappa shape index (κ2) is 7.73.